The minimum atomic E-state index is 0.879. The fraction of sp³-hybridized carbons (Fsp3) is 0.294. The summed E-state index contributed by atoms with van der Waals surface area (Å²) in [7, 11) is 0. The minimum absolute atomic E-state index is 0.879. The third-order valence-electron chi connectivity index (χ3n) is 3.86. The maximum atomic E-state index is 6.25. The van der Waals surface area contributed by atoms with Crippen molar-refractivity contribution in [3.05, 3.63) is 70.2 Å². The highest BCUT2D eigenvalue weighted by Gasteiger charge is 2.14. The molecule has 98 valence electrons. The zero-order chi connectivity index (χ0) is 13.1. The van der Waals surface area contributed by atoms with Crippen LogP contribution in [-0.4, -0.2) is 18.0 Å². The molecular weight excluding hydrogens is 254 g/mol. The van der Waals surface area contributed by atoms with E-state index in [9.17, 15) is 0 Å². The first kappa shape index (κ1) is 12.7. The van der Waals surface area contributed by atoms with Gasteiger partial charge in [0, 0.05) is 24.7 Å². The van der Waals surface area contributed by atoms with Crippen LogP contribution in [-0.2, 0) is 19.4 Å². The zero-order valence-corrected chi connectivity index (χ0v) is 11.7. The molecule has 19 heavy (non-hydrogen) atoms. The van der Waals surface area contributed by atoms with Gasteiger partial charge in [0.2, 0.25) is 0 Å². The van der Waals surface area contributed by atoms with Crippen LogP contribution in [0, 0.1) is 0 Å². The lowest BCUT2D eigenvalue weighted by atomic mass is 10.0. The van der Waals surface area contributed by atoms with Crippen LogP contribution < -0.4 is 0 Å². The number of hydrogen-bond acceptors (Lipinski definition) is 1. The van der Waals surface area contributed by atoms with E-state index in [1.54, 1.807) is 0 Å². The van der Waals surface area contributed by atoms with Gasteiger partial charge in [0.25, 0.3) is 0 Å². The molecule has 1 nitrogen and oxygen atoms in total. The summed E-state index contributed by atoms with van der Waals surface area (Å²) in [4.78, 5) is 2.50. The molecule has 2 aromatic rings. The lowest BCUT2D eigenvalue weighted by molar-refractivity contribution is 0.279. The van der Waals surface area contributed by atoms with Crippen LogP contribution in [0.3, 0.4) is 0 Å². The van der Waals surface area contributed by atoms with Gasteiger partial charge in [0.1, 0.15) is 0 Å². The largest absolute Gasteiger partial charge is 0.298 e. The molecule has 0 saturated carbocycles. The lowest BCUT2D eigenvalue weighted by Crippen LogP contribution is -2.26. The van der Waals surface area contributed by atoms with Crippen molar-refractivity contribution >= 4 is 11.6 Å². The Morgan fingerprint density at radius 1 is 0.842 bits per heavy atom. The first-order valence-corrected chi connectivity index (χ1v) is 7.23. The van der Waals surface area contributed by atoms with Crippen molar-refractivity contribution in [2.24, 2.45) is 0 Å². The second kappa shape index (κ2) is 5.77. The summed E-state index contributed by atoms with van der Waals surface area (Å²) < 4.78 is 0. The molecule has 2 aromatic carbocycles. The van der Waals surface area contributed by atoms with E-state index in [4.69, 9.17) is 11.6 Å². The van der Waals surface area contributed by atoms with Gasteiger partial charge in [-0.2, -0.15) is 0 Å². The van der Waals surface area contributed by atoms with E-state index in [1.165, 1.54) is 16.7 Å². The Balaban J connectivity index is 1.71. The van der Waals surface area contributed by atoms with E-state index in [0.717, 1.165) is 37.5 Å². The first-order chi connectivity index (χ1) is 9.33. The number of rotatable bonds is 2. The molecule has 0 aromatic heterocycles. The molecule has 0 fully saturated rings. The highest BCUT2D eigenvalue weighted by atomic mass is 35.5. The van der Waals surface area contributed by atoms with E-state index in [0.29, 0.717) is 0 Å². The van der Waals surface area contributed by atoms with Crippen LogP contribution >= 0.6 is 11.6 Å². The normalized spacial score (nSPS) is 15.8. The molecule has 0 unspecified atom stereocenters. The molecule has 1 aliphatic heterocycles. The van der Waals surface area contributed by atoms with Crippen molar-refractivity contribution in [3.8, 4) is 0 Å². The highest BCUT2D eigenvalue weighted by molar-refractivity contribution is 6.31. The van der Waals surface area contributed by atoms with Crippen molar-refractivity contribution in [2.75, 3.05) is 13.1 Å². The van der Waals surface area contributed by atoms with E-state index in [-0.39, 0.29) is 0 Å². The van der Waals surface area contributed by atoms with Gasteiger partial charge < -0.3 is 0 Å². The fourth-order valence-corrected chi connectivity index (χ4v) is 2.94. The van der Waals surface area contributed by atoms with Gasteiger partial charge in [-0.15, -0.1) is 0 Å². The summed E-state index contributed by atoms with van der Waals surface area (Å²) in [5.41, 5.74) is 4.24. The lowest BCUT2D eigenvalue weighted by Gasteiger charge is -2.20. The van der Waals surface area contributed by atoms with Crippen molar-refractivity contribution < 1.29 is 0 Å². The van der Waals surface area contributed by atoms with Crippen LogP contribution in [0.2, 0.25) is 5.02 Å². The SMILES string of the molecule is Clc1ccccc1CN1CCc2ccccc2CC1. The Kier molecular flexibility index (Phi) is 3.86. The third-order valence-corrected chi connectivity index (χ3v) is 4.23. The average Bonchev–Trinajstić information content (AvgIpc) is 2.64. The second-order valence-corrected chi connectivity index (χ2v) is 5.54. The van der Waals surface area contributed by atoms with E-state index in [2.05, 4.69) is 41.3 Å². The van der Waals surface area contributed by atoms with Crippen molar-refractivity contribution in [1.29, 1.82) is 0 Å². The first-order valence-electron chi connectivity index (χ1n) is 6.85. The maximum Gasteiger partial charge on any atom is 0.0451 e. The van der Waals surface area contributed by atoms with Crippen molar-refractivity contribution in [2.45, 2.75) is 19.4 Å². The van der Waals surface area contributed by atoms with Crippen molar-refractivity contribution in [1.82, 2.24) is 4.90 Å². The number of benzene rings is 2. The van der Waals surface area contributed by atoms with Gasteiger partial charge in [-0.05, 0) is 35.6 Å². The standard InChI is InChI=1S/C17H18ClN/c18-17-8-4-3-7-16(17)13-19-11-9-14-5-1-2-6-15(14)10-12-19/h1-8H,9-13H2. The molecule has 3 rings (SSSR count). The molecule has 1 aliphatic rings. The maximum absolute atomic E-state index is 6.25. The van der Waals surface area contributed by atoms with E-state index < -0.39 is 0 Å². The number of fused-ring (bicyclic) bond motifs is 1. The molecule has 1 heterocycles. The average molecular weight is 272 g/mol. The quantitative estimate of drug-likeness (QED) is 0.800. The molecule has 0 N–H and O–H groups in total. The molecular formula is C17H18ClN. The highest BCUT2D eigenvalue weighted by Crippen LogP contribution is 2.20. The third kappa shape index (κ3) is 2.99. The second-order valence-electron chi connectivity index (χ2n) is 5.14. The van der Waals surface area contributed by atoms with Gasteiger partial charge in [-0.25, -0.2) is 0 Å². The predicted octanol–water partition coefficient (Wildman–Crippen LogP) is 3.94. The molecule has 0 bridgehead atoms. The number of hydrogen-bond donors (Lipinski definition) is 0. The van der Waals surface area contributed by atoms with E-state index in [1.807, 2.05) is 12.1 Å². The van der Waals surface area contributed by atoms with Crippen LogP contribution in [0.1, 0.15) is 16.7 Å². The smallest absolute Gasteiger partial charge is 0.0451 e. The van der Waals surface area contributed by atoms with Crippen LogP contribution in [0.15, 0.2) is 48.5 Å². The Bertz CT molecular complexity index is 538. The topological polar surface area (TPSA) is 3.24 Å². The number of halogens is 1. The minimum Gasteiger partial charge on any atom is -0.298 e. The molecule has 2 heteroatoms. The Morgan fingerprint density at radius 2 is 1.42 bits per heavy atom. The summed E-state index contributed by atoms with van der Waals surface area (Å²) in [6, 6.07) is 17.0. The van der Waals surface area contributed by atoms with Crippen LogP contribution in [0.4, 0.5) is 0 Å². The van der Waals surface area contributed by atoms with Gasteiger partial charge in [0.15, 0.2) is 0 Å². The molecule has 0 spiro atoms. The van der Waals surface area contributed by atoms with Gasteiger partial charge in [-0.1, -0.05) is 54.1 Å². The van der Waals surface area contributed by atoms with Gasteiger partial charge >= 0.3 is 0 Å². The summed E-state index contributed by atoms with van der Waals surface area (Å²) in [5, 5.41) is 0.879. The Morgan fingerprint density at radius 3 is 2.05 bits per heavy atom. The predicted molar refractivity (Wildman–Crippen MR) is 80.6 cm³/mol. The molecule has 0 radical (unpaired) electrons. The molecule has 0 amide bonds. The van der Waals surface area contributed by atoms with Gasteiger partial charge in [-0.3, -0.25) is 4.90 Å². The Hall–Kier alpha value is -1.31. The van der Waals surface area contributed by atoms with Crippen LogP contribution in [0.5, 0.6) is 0 Å². The van der Waals surface area contributed by atoms with Crippen LogP contribution in [0.25, 0.3) is 0 Å². The Labute approximate surface area is 119 Å². The van der Waals surface area contributed by atoms with Crippen molar-refractivity contribution in [3.63, 3.8) is 0 Å². The molecule has 0 atom stereocenters. The van der Waals surface area contributed by atoms with E-state index >= 15 is 0 Å². The molecule has 0 aliphatic carbocycles. The zero-order valence-electron chi connectivity index (χ0n) is 11.0. The summed E-state index contributed by atoms with van der Waals surface area (Å²) in [6.07, 6.45) is 2.28. The summed E-state index contributed by atoms with van der Waals surface area (Å²) in [6.45, 7) is 3.18. The summed E-state index contributed by atoms with van der Waals surface area (Å²) >= 11 is 6.25. The monoisotopic (exact) mass is 271 g/mol. The summed E-state index contributed by atoms with van der Waals surface area (Å²) in [5.74, 6) is 0. The number of nitrogens with zero attached hydrogens (tertiary/aromatic N) is 1. The fourth-order valence-electron chi connectivity index (χ4n) is 2.74. The van der Waals surface area contributed by atoms with Gasteiger partial charge in [0.05, 0.1) is 0 Å². The molecule has 0 saturated heterocycles.